The number of aryl methyl sites for hydroxylation is 2. The molecule has 3 rings (SSSR count). The van der Waals surface area contributed by atoms with Crippen molar-refractivity contribution in [3.8, 4) is 5.75 Å². The molecule has 0 aliphatic rings. The number of halogens is 2. The van der Waals surface area contributed by atoms with Crippen molar-refractivity contribution in [2.24, 2.45) is 0 Å². The molecule has 0 unspecified atom stereocenters. The molecule has 9 heteroatoms. The summed E-state index contributed by atoms with van der Waals surface area (Å²) in [4.78, 5) is 28.1. The number of aromatic amines is 1. The van der Waals surface area contributed by atoms with Gasteiger partial charge < -0.3 is 10.1 Å². The standard InChI is InChI=1S/C17H16F2N4O3/c1-9-13(10(2)23-14(21-9)7-15(24)22-23)8-20-16(25)11-4-3-5-12(6-11)26-17(18)19/h3-7,17H,8H2,1-2H3,(H,20,25)(H,22,24). The molecule has 0 aliphatic carbocycles. The largest absolute Gasteiger partial charge is 0.435 e. The van der Waals surface area contributed by atoms with Crippen molar-refractivity contribution >= 4 is 11.6 Å². The van der Waals surface area contributed by atoms with Gasteiger partial charge in [0, 0.05) is 35.1 Å². The summed E-state index contributed by atoms with van der Waals surface area (Å²) >= 11 is 0. The maximum Gasteiger partial charge on any atom is 0.387 e. The topological polar surface area (TPSA) is 88.5 Å². The Morgan fingerprint density at radius 1 is 1.35 bits per heavy atom. The van der Waals surface area contributed by atoms with Crippen LogP contribution in [0.1, 0.15) is 27.3 Å². The molecule has 0 bridgehead atoms. The van der Waals surface area contributed by atoms with Crippen LogP contribution in [0, 0.1) is 13.8 Å². The summed E-state index contributed by atoms with van der Waals surface area (Å²) in [7, 11) is 0. The molecule has 2 aromatic heterocycles. The highest BCUT2D eigenvalue weighted by atomic mass is 19.3. The zero-order chi connectivity index (χ0) is 18.8. The van der Waals surface area contributed by atoms with E-state index in [1.807, 2.05) is 0 Å². The number of amides is 1. The van der Waals surface area contributed by atoms with Crippen LogP contribution < -0.4 is 15.6 Å². The lowest BCUT2D eigenvalue weighted by Gasteiger charge is -2.13. The first-order valence-electron chi connectivity index (χ1n) is 7.76. The predicted octanol–water partition coefficient (Wildman–Crippen LogP) is 2.17. The van der Waals surface area contributed by atoms with Crippen molar-refractivity contribution < 1.29 is 18.3 Å². The summed E-state index contributed by atoms with van der Waals surface area (Å²) in [6, 6.07) is 6.93. The summed E-state index contributed by atoms with van der Waals surface area (Å²) < 4.78 is 30.4. The van der Waals surface area contributed by atoms with Gasteiger partial charge in [0.2, 0.25) is 0 Å². The number of rotatable bonds is 5. The Bertz CT molecular complexity index is 1030. The number of benzene rings is 1. The van der Waals surface area contributed by atoms with Crippen LogP contribution in [0.3, 0.4) is 0 Å². The number of hydrogen-bond acceptors (Lipinski definition) is 4. The Hall–Kier alpha value is -3.23. The van der Waals surface area contributed by atoms with Gasteiger partial charge in [0.25, 0.3) is 11.5 Å². The van der Waals surface area contributed by atoms with Crippen LogP contribution in [0.15, 0.2) is 35.1 Å². The number of carbonyl (C=O) groups excluding carboxylic acids is 1. The Kier molecular flexibility index (Phi) is 4.70. The van der Waals surface area contributed by atoms with E-state index in [-0.39, 0.29) is 23.4 Å². The molecule has 26 heavy (non-hydrogen) atoms. The molecule has 136 valence electrons. The summed E-state index contributed by atoms with van der Waals surface area (Å²) in [5, 5.41) is 5.36. The summed E-state index contributed by atoms with van der Waals surface area (Å²) in [5.41, 5.74) is 2.59. The highest BCUT2D eigenvalue weighted by Crippen LogP contribution is 2.17. The van der Waals surface area contributed by atoms with Crippen molar-refractivity contribution in [2.45, 2.75) is 27.0 Å². The molecule has 0 atom stereocenters. The van der Waals surface area contributed by atoms with Crippen molar-refractivity contribution in [3.05, 3.63) is 63.2 Å². The molecule has 2 N–H and O–H groups in total. The van der Waals surface area contributed by atoms with Crippen LogP contribution in [0.25, 0.3) is 5.65 Å². The van der Waals surface area contributed by atoms with E-state index in [0.717, 1.165) is 11.3 Å². The quantitative estimate of drug-likeness (QED) is 0.728. The molecular formula is C17H16F2N4O3. The molecule has 7 nitrogen and oxygen atoms in total. The monoisotopic (exact) mass is 362 g/mol. The second-order valence-electron chi connectivity index (χ2n) is 5.66. The number of fused-ring (bicyclic) bond motifs is 1. The fraction of sp³-hybridized carbons (Fsp3) is 0.235. The molecule has 0 spiro atoms. The van der Waals surface area contributed by atoms with E-state index in [1.165, 1.54) is 30.3 Å². The normalized spacial score (nSPS) is 11.1. The van der Waals surface area contributed by atoms with Gasteiger partial charge >= 0.3 is 6.61 Å². The fourth-order valence-electron chi connectivity index (χ4n) is 2.70. The molecule has 0 saturated heterocycles. The maximum atomic E-state index is 12.3. The van der Waals surface area contributed by atoms with Gasteiger partial charge in [0.15, 0.2) is 5.65 Å². The average Bonchev–Trinajstić information content (AvgIpc) is 2.94. The number of nitrogens with one attached hydrogen (secondary N) is 2. The van der Waals surface area contributed by atoms with E-state index in [9.17, 15) is 18.4 Å². The molecule has 1 amide bonds. The Morgan fingerprint density at radius 3 is 2.85 bits per heavy atom. The number of alkyl halides is 2. The maximum absolute atomic E-state index is 12.3. The second-order valence-corrected chi connectivity index (χ2v) is 5.66. The smallest absolute Gasteiger partial charge is 0.387 e. The Labute approximate surface area is 146 Å². The predicted molar refractivity (Wildman–Crippen MR) is 89.5 cm³/mol. The first-order chi connectivity index (χ1) is 12.3. The second kappa shape index (κ2) is 6.95. The van der Waals surface area contributed by atoms with Gasteiger partial charge in [-0.15, -0.1) is 0 Å². The summed E-state index contributed by atoms with van der Waals surface area (Å²) in [6.07, 6.45) is 0. The van der Waals surface area contributed by atoms with Crippen molar-refractivity contribution in [1.29, 1.82) is 0 Å². The lowest BCUT2D eigenvalue weighted by atomic mass is 10.1. The van der Waals surface area contributed by atoms with Crippen molar-refractivity contribution in [2.75, 3.05) is 0 Å². The van der Waals surface area contributed by atoms with Gasteiger partial charge in [-0.25, -0.2) is 9.50 Å². The van der Waals surface area contributed by atoms with Gasteiger partial charge in [-0.2, -0.15) is 8.78 Å². The zero-order valence-electron chi connectivity index (χ0n) is 14.0. The van der Waals surface area contributed by atoms with E-state index in [1.54, 1.807) is 18.4 Å². The molecule has 0 radical (unpaired) electrons. The van der Waals surface area contributed by atoms with E-state index in [2.05, 4.69) is 20.1 Å². The van der Waals surface area contributed by atoms with E-state index in [0.29, 0.717) is 11.3 Å². The third-order valence-corrected chi connectivity index (χ3v) is 3.95. The lowest BCUT2D eigenvalue weighted by Crippen LogP contribution is -2.24. The van der Waals surface area contributed by atoms with Gasteiger partial charge in [-0.3, -0.25) is 14.7 Å². The number of nitrogens with zero attached hydrogens (tertiary/aromatic N) is 2. The molecule has 3 aromatic rings. The first-order valence-corrected chi connectivity index (χ1v) is 7.76. The van der Waals surface area contributed by atoms with Crippen LogP contribution in [-0.2, 0) is 6.54 Å². The van der Waals surface area contributed by atoms with Crippen LogP contribution in [-0.4, -0.2) is 27.1 Å². The van der Waals surface area contributed by atoms with Crippen LogP contribution in [0.5, 0.6) is 5.75 Å². The minimum absolute atomic E-state index is 0.0898. The highest BCUT2D eigenvalue weighted by molar-refractivity contribution is 5.94. The van der Waals surface area contributed by atoms with Crippen molar-refractivity contribution in [1.82, 2.24) is 19.9 Å². The molecular weight excluding hydrogens is 346 g/mol. The van der Waals surface area contributed by atoms with Crippen LogP contribution >= 0.6 is 0 Å². The van der Waals surface area contributed by atoms with Gasteiger partial charge in [0.1, 0.15) is 5.75 Å². The van der Waals surface area contributed by atoms with E-state index < -0.39 is 12.5 Å². The number of carbonyl (C=O) groups is 1. The van der Waals surface area contributed by atoms with Gasteiger partial charge in [-0.05, 0) is 32.0 Å². The Morgan fingerprint density at radius 2 is 2.12 bits per heavy atom. The number of H-pyrrole nitrogens is 1. The lowest BCUT2D eigenvalue weighted by molar-refractivity contribution is -0.0498. The molecule has 0 fully saturated rings. The number of ether oxygens (including phenoxy) is 1. The number of aromatic nitrogens is 3. The summed E-state index contributed by atoms with van der Waals surface area (Å²) in [6.45, 7) is 0.791. The Balaban J connectivity index is 1.80. The third kappa shape index (κ3) is 3.56. The summed E-state index contributed by atoms with van der Waals surface area (Å²) in [5.74, 6) is -0.530. The molecule has 0 aliphatic heterocycles. The fourth-order valence-corrected chi connectivity index (χ4v) is 2.70. The average molecular weight is 362 g/mol. The molecule has 0 saturated carbocycles. The molecule has 1 aromatic carbocycles. The minimum atomic E-state index is -2.96. The number of hydrogen-bond donors (Lipinski definition) is 2. The van der Waals surface area contributed by atoms with Crippen molar-refractivity contribution in [3.63, 3.8) is 0 Å². The van der Waals surface area contributed by atoms with Gasteiger partial charge in [-0.1, -0.05) is 6.07 Å². The van der Waals surface area contributed by atoms with E-state index >= 15 is 0 Å². The van der Waals surface area contributed by atoms with Crippen LogP contribution in [0.4, 0.5) is 8.78 Å². The van der Waals surface area contributed by atoms with E-state index in [4.69, 9.17) is 0 Å². The highest BCUT2D eigenvalue weighted by Gasteiger charge is 2.13. The minimum Gasteiger partial charge on any atom is -0.435 e. The third-order valence-electron chi connectivity index (χ3n) is 3.95. The SMILES string of the molecule is Cc1nc2cc(=O)[nH]n2c(C)c1CNC(=O)c1cccc(OC(F)F)c1. The van der Waals surface area contributed by atoms with Crippen LogP contribution in [0.2, 0.25) is 0 Å². The van der Waals surface area contributed by atoms with Gasteiger partial charge in [0.05, 0.1) is 0 Å². The zero-order valence-corrected chi connectivity index (χ0v) is 14.0. The molecule has 2 heterocycles. The first kappa shape index (κ1) is 17.6.